The normalized spacial score (nSPS) is 14.2. The molecule has 0 spiro atoms. The average Bonchev–Trinajstić information content (AvgIpc) is 2.68. The van der Waals surface area contributed by atoms with Gasteiger partial charge in [-0.15, -0.1) is 11.3 Å². The van der Waals surface area contributed by atoms with Gasteiger partial charge in [0.1, 0.15) is 0 Å². The molecule has 0 aliphatic carbocycles. The van der Waals surface area contributed by atoms with Crippen molar-refractivity contribution in [2.75, 3.05) is 0 Å². The maximum absolute atomic E-state index is 11.5. The molecule has 0 aliphatic rings. The van der Waals surface area contributed by atoms with Gasteiger partial charge < -0.3 is 10.2 Å². The number of halogens is 1. The van der Waals surface area contributed by atoms with Crippen molar-refractivity contribution in [2.45, 2.75) is 12.5 Å². The van der Waals surface area contributed by atoms with Crippen LogP contribution in [0.3, 0.4) is 0 Å². The van der Waals surface area contributed by atoms with Gasteiger partial charge in [0.15, 0.2) is 0 Å². The molecule has 1 unspecified atom stereocenters. The van der Waals surface area contributed by atoms with Gasteiger partial charge in [0.2, 0.25) is 5.60 Å². The summed E-state index contributed by atoms with van der Waals surface area (Å²) in [6.07, 6.45) is 0. The van der Waals surface area contributed by atoms with Crippen LogP contribution in [-0.2, 0) is 10.4 Å². The fourth-order valence-corrected chi connectivity index (χ4v) is 3.12. The van der Waals surface area contributed by atoms with Gasteiger partial charge in [0.25, 0.3) is 0 Å². The third-order valence-electron chi connectivity index (χ3n) is 2.78. The second-order valence-electron chi connectivity index (χ2n) is 3.90. The molecule has 3 nitrogen and oxygen atoms in total. The lowest BCUT2D eigenvalue weighted by atomic mass is 9.87. The Hall–Kier alpha value is -1.36. The lowest BCUT2D eigenvalue weighted by Gasteiger charge is -2.24. The van der Waals surface area contributed by atoms with E-state index >= 15 is 0 Å². The lowest BCUT2D eigenvalue weighted by Crippen LogP contribution is -2.36. The number of hydrogen-bond donors (Lipinski definition) is 2. The first kappa shape index (κ1) is 13.1. The van der Waals surface area contributed by atoms with Gasteiger partial charge in [-0.1, -0.05) is 41.9 Å². The van der Waals surface area contributed by atoms with Crippen LogP contribution in [0.4, 0.5) is 0 Å². The second kappa shape index (κ2) is 4.72. The Morgan fingerprint density at radius 1 is 1.33 bits per heavy atom. The fourth-order valence-electron chi connectivity index (χ4n) is 1.88. The van der Waals surface area contributed by atoms with Gasteiger partial charge in [-0.25, -0.2) is 4.79 Å². The molecule has 94 valence electrons. The highest BCUT2D eigenvalue weighted by Gasteiger charge is 2.42. The molecule has 5 heteroatoms. The third-order valence-corrected chi connectivity index (χ3v) is 3.96. The summed E-state index contributed by atoms with van der Waals surface area (Å²) in [6.45, 7) is 1.74. The second-order valence-corrected chi connectivity index (χ2v) is 5.79. The molecule has 2 rings (SSSR count). The first-order chi connectivity index (χ1) is 8.46. The first-order valence-electron chi connectivity index (χ1n) is 5.24. The van der Waals surface area contributed by atoms with E-state index in [-0.39, 0.29) is 0 Å². The van der Waals surface area contributed by atoms with E-state index in [0.29, 0.717) is 20.3 Å². The standard InChI is InChI=1S/C13H11ClO3S/c1-8-10(7-11(14)18-8)13(17,12(15)16)9-5-3-2-4-6-9/h2-7,17H,1H3,(H,15,16). The summed E-state index contributed by atoms with van der Waals surface area (Å²) in [4.78, 5) is 12.2. The molecule has 18 heavy (non-hydrogen) atoms. The Bertz CT molecular complexity index is 579. The molecule has 1 heterocycles. The van der Waals surface area contributed by atoms with Gasteiger partial charge in [0.05, 0.1) is 4.34 Å². The molecular weight excluding hydrogens is 272 g/mol. The number of carbonyl (C=O) groups is 1. The van der Waals surface area contributed by atoms with E-state index in [1.54, 1.807) is 37.3 Å². The maximum Gasteiger partial charge on any atom is 0.345 e. The van der Waals surface area contributed by atoms with Gasteiger partial charge in [-0.2, -0.15) is 0 Å². The Morgan fingerprint density at radius 3 is 2.39 bits per heavy atom. The van der Waals surface area contributed by atoms with Crippen LogP contribution >= 0.6 is 22.9 Å². The SMILES string of the molecule is Cc1sc(Cl)cc1C(O)(C(=O)O)c1ccccc1. The lowest BCUT2D eigenvalue weighted by molar-refractivity contribution is -0.155. The summed E-state index contributed by atoms with van der Waals surface area (Å²) in [5.41, 5.74) is -1.43. The zero-order chi connectivity index (χ0) is 13.3. The van der Waals surface area contributed by atoms with Crippen molar-refractivity contribution in [1.29, 1.82) is 0 Å². The summed E-state index contributed by atoms with van der Waals surface area (Å²) in [7, 11) is 0. The molecule has 1 atom stereocenters. The van der Waals surface area contributed by atoms with Gasteiger partial charge >= 0.3 is 5.97 Å². The van der Waals surface area contributed by atoms with Gasteiger partial charge in [-0.05, 0) is 18.6 Å². The molecule has 0 fully saturated rings. The van der Waals surface area contributed by atoms with Crippen molar-refractivity contribution >= 4 is 28.9 Å². The Labute approximate surface area is 113 Å². The summed E-state index contributed by atoms with van der Waals surface area (Å²) in [5.74, 6) is -1.31. The average molecular weight is 283 g/mol. The van der Waals surface area contributed by atoms with E-state index < -0.39 is 11.6 Å². The molecule has 0 aliphatic heterocycles. The Morgan fingerprint density at radius 2 is 1.94 bits per heavy atom. The molecular formula is C13H11ClO3S. The summed E-state index contributed by atoms with van der Waals surface area (Å²) in [6, 6.07) is 9.80. The Balaban J connectivity index is 2.66. The van der Waals surface area contributed by atoms with Crippen molar-refractivity contribution in [2.24, 2.45) is 0 Å². The monoisotopic (exact) mass is 282 g/mol. The summed E-state index contributed by atoms with van der Waals surface area (Å²) >= 11 is 7.13. The van der Waals surface area contributed by atoms with E-state index in [1.165, 1.54) is 17.4 Å². The number of aryl methyl sites for hydroxylation is 1. The van der Waals surface area contributed by atoms with E-state index in [2.05, 4.69) is 0 Å². The van der Waals surface area contributed by atoms with Gasteiger partial charge in [-0.3, -0.25) is 0 Å². The van der Waals surface area contributed by atoms with Gasteiger partial charge in [0, 0.05) is 10.4 Å². The minimum absolute atomic E-state index is 0.315. The van der Waals surface area contributed by atoms with Crippen LogP contribution < -0.4 is 0 Å². The quantitative estimate of drug-likeness (QED) is 0.910. The Kier molecular flexibility index (Phi) is 3.43. The van der Waals surface area contributed by atoms with Crippen LogP contribution in [0.1, 0.15) is 16.0 Å². The van der Waals surface area contributed by atoms with Crippen LogP contribution in [0.5, 0.6) is 0 Å². The summed E-state index contributed by atoms with van der Waals surface area (Å²) in [5, 5.41) is 20.0. The highest BCUT2D eigenvalue weighted by molar-refractivity contribution is 7.16. The molecule has 1 aromatic heterocycles. The van der Waals surface area contributed by atoms with Crippen LogP contribution in [0.2, 0.25) is 4.34 Å². The molecule has 2 N–H and O–H groups in total. The topological polar surface area (TPSA) is 57.5 Å². The van der Waals surface area contributed by atoms with E-state index in [9.17, 15) is 15.0 Å². The maximum atomic E-state index is 11.5. The zero-order valence-corrected chi connectivity index (χ0v) is 11.1. The van der Waals surface area contributed by atoms with E-state index in [0.717, 1.165) is 0 Å². The van der Waals surface area contributed by atoms with Crippen LogP contribution in [0.15, 0.2) is 36.4 Å². The number of benzene rings is 1. The first-order valence-corrected chi connectivity index (χ1v) is 6.43. The molecule has 0 amide bonds. The minimum Gasteiger partial charge on any atom is -0.479 e. The van der Waals surface area contributed by atoms with Crippen molar-refractivity contribution in [3.05, 3.63) is 56.7 Å². The minimum atomic E-state index is -2.06. The molecule has 0 radical (unpaired) electrons. The number of rotatable bonds is 3. The number of hydrogen-bond acceptors (Lipinski definition) is 3. The van der Waals surface area contributed by atoms with Crippen LogP contribution in [0, 0.1) is 6.92 Å². The third kappa shape index (κ3) is 2.03. The number of carboxylic acids is 1. The van der Waals surface area contributed by atoms with Crippen molar-refractivity contribution in [3.63, 3.8) is 0 Å². The zero-order valence-electron chi connectivity index (χ0n) is 9.55. The van der Waals surface area contributed by atoms with Crippen molar-refractivity contribution in [1.82, 2.24) is 0 Å². The molecule has 0 saturated carbocycles. The molecule has 0 saturated heterocycles. The van der Waals surface area contributed by atoms with Crippen LogP contribution in [0.25, 0.3) is 0 Å². The smallest absolute Gasteiger partial charge is 0.345 e. The van der Waals surface area contributed by atoms with E-state index in [4.69, 9.17) is 11.6 Å². The largest absolute Gasteiger partial charge is 0.479 e. The van der Waals surface area contributed by atoms with Crippen molar-refractivity contribution in [3.8, 4) is 0 Å². The molecule has 1 aromatic carbocycles. The van der Waals surface area contributed by atoms with Crippen molar-refractivity contribution < 1.29 is 15.0 Å². The van der Waals surface area contributed by atoms with E-state index in [1.807, 2.05) is 0 Å². The number of thiophene rings is 1. The fraction of sp³-hybridized carbons (Fsp3) is 0.154. The number of aliphatic hydroxyl groups is 1. The number of aliphatic carboxylic acids is 1. The van der Waals surface area contributed by atoms with Crippen LogP contribution in [-0.4, -0.2) is 16.2 Å². The number of carboxylic acid groups (broad SMARTS) is 1. The molecule has 2 aromatic rings. The highest BCUT2D eigenvalue weighted by Crippen LogP contribution is 2.37. The summed E-state index contributed by atoms with van der Waals surface area (Å²) < 4.78 is 0.457. The molecule has 0 bridgehead atoms. The predicted octanol–water partition coefficient (Wildman–Crippen LogP) is 3.03. The highest BCUT2D eigenvalue weighted by atomic mass is 35.5. The predicted molar refractivity (Wildman–Crippen MR) is 71.1 cm³/mol.